The fraction of sp³-hybridized carbons (Fsp3) is 0.360. The summed E-state index contributed by atoms with van der Waals surface area (Å²) in [6.45, 7) is 3.97. The second-order valence-corrected chi connectivity index (χ2v) is 9.28. The Labute approximate surface area is 215 Å². The van der Waals surface area contributed by atoms with E-state index < -0.39 is 24.6 Å². The van der Waals surface area contributed by atoms with Crippen molar-refractivity contribution >= 4 is 23.0 Å². The van der Waals surface area contributed by atoms with Gasteiger partial charge in [-0.15, -0.1) is 0 Å². The quantitative estimate of drug-likeness (QED) is 0.258. The van der Waals surface area contributed by atoms with Gasteiger partial charge in [-0.1, -0.05) is 11.6 Å². The van der Waals surface area contributed by atoms with E-state index in [0.29, 0.717) is 40.8 Å². The van der Waals surface area contributed by atoms with E-state index in [1.54, 1.807) is 38.1 Å². The zero-order valence-corrected chi connectivity index (χ0v) is 20.9. The van der Waals surface area contributed by atoms with Gasteiger partial charge < -0.3 is 4.57 Å². The van der Waals surface area contributed by atoms with E-state index in [9.17, 15) is 17.6 Å². The van der Waals surface area contributed by atoms with Crippen LogP contribution in [-0.4, -0.2) is 41.5 Å². The van der Waals surface area contributed by atoms with Gasteiger partial charge in [0.25, 0.3) is 0 Å². The number of alkyl halides is 4. The third-order valence-corrected chi connectivity index (χ3v) is 6.57. The Balaban J connectivity index is 1.46. The number of aliphatic imine (C=N–C) groups is 1. The molecule has 0 saturated carbocycles. The Kier molecular flexibility index (Phi) is 6.65. The van der Waals surface area contributed by atoms with E-state index in [0.717, 1.165) is 30.4 Å². The number of fused-ring (bicyclic) bond motifs is 1. The van der Waals surface area contributed by atoms with E-state index in [4.69, 9.17) is 16.6 Å². The summed E-state index contributed by atoms with van der Waals surface area (Å²) in [5.74, 6) is 0.255. The van der Waals surface area contributed by atoms with Crippen molar-refractivity contribution in [1.82, 2.24) is 29.1 Å². The van der Waals surface area contributed by atoms with Crippen molar-refractivity contribution in [2.75, 3.05) is 6.67 Å². The smallest absolute Gasteiger partial charge is 0.331 e. The number of aryl methyl sites for hydroxylation is 2. The van der Waals surface area contributed by atoms with Crippen LogP contribution in [-0.2, 0) is 19.3 Å². The third-order valence-electron chi connectivity index (χ3n) is 6.29. The van der Waals surface area contributed by atoms with Crippen LogP contribution in [0.25, 0.3) is 22.8 Å². The van der Waals surface area contributed by atoms with Gasteiger partial charge >= 0.3 is 6.18 Å². The molecule has 4 heterocycles. The van der Waals surface area contributed by atoms with Crippen molar-refractivity contribution in [3.63, 3.8) is 0 Å². The van der Waals surface area contributed by atoms with Gasteiger partial charge in [-0.05, 0) is 57.0 Å². The molecule has 0 saturated heterocycles. The minimum atomic E-state index is -4.50. The molecule has 194 valence electrons. The van der Waals surface area contributed by atoms with E-state index in [2.05, 4.69) is 15.2 Å². The Morgan fingerprint density at radius 1 is 1.19 bits per heavy atom. The first-order chi connectivity index (χ1) is 17.7. The van der Waals surface area contributed by atoms with Crippen LogP contribution < -0.4 is 0 Å². The zero-order valence-electron chi connectivity index (χ0n) is 20.2. The standard InChI is InChI=1S/C25H24ClF4N7/c1-3-35-14-22(25(28,29)30)33-24(35)16-6-8-17(9-7-16)32-19-5-4-10-36-21(19)11-20(34-36)23-18(26)13-31-37(23)15(2)12-27/h6-9,11,13-15H,3-5,10,12H2,1-2H3/b32-19+. The number of hydrogen-bond donors (Lipinski definition) is 0. The molecule has 4 aromatic rings. The van der Waals surface area contributed by atoms with Crippen molar-refractivity contribution in [1.29, 1.82) is 0 Å². The molecule has 5 rings (SSSR count). The summed E-state index contributed by atoms with van der Waals surface area (Å²) in [7, 11) is 0. The molecule has 1 unspecified atom stereocenters. The molecule has 0 aliphatic carbocycles. The van der Waals surface area contributed by atoms with Crippen LogP contribution in [0.2, 0.25) is 5.02 Å². The molecule has 7 nitrogen and oxygen atoms in total. The SMILES string of the molecule is CCn1cc(C(F)(F)F)nc1-c1ccc(/N=C2\CCCn3nc(-c4c(Cl)cnn4C(C)CF)cc32)cc1. The summed E-state index contributed by atoms with van der Waals surface area (Å²) in [6, 6.07) is 8.36. The Bertz CT molecular complexity index is 1450. The second kappa shape index (κ2) is 9.77. The largest absolute Gasteiger partial charge is 0.434 e. The number of benzene rings is 1. The topological polar surface area (TPSA) is 65.8 Å². The minimum Gasteiger partial charge on any atom is -0.331 e. The highest BCUT2D eigenvalue weighted by atomic mass is 35.5. The number of imidazole rings is 1. The second-order valence-electron chi connectivity index (χ2n) is 8.87. The predicted octanol–water partition coefficient (Wildman–Crippen LogP) is 6.75. The van der Waals surface area contributed by atoms with E-state index >= 15 is 0 Å². The number of nitrogens with zero attached hydrogens (tertiary/aromatic N) is 7. The highest BCUT2D eigenvalue weighted by Gasteiger charge is 2.34. The molecule has 1 aromatic carbocycles. The first-order valence-electron chi connectivity index (χ1n) is 11.9. The van der Waals surface area contributed by atoms with E-state index in [1.807, 2.05) is 10.7 Å². The van der Waals surface area contributed by atoms with Gasteiger partial charge in [0.2, 0.25) is 0 Å². The molecule has 1 atom stereocenters. The van der Waals surface area contributed by atoms with Gasteiger partial charge in [-0.3, -0.25) is 14.4 Å². The highest BCUT2D eigenvalue weighted by molar-refractivity contribution is 6.33. The van der Waals surface area contributed by atoms with Gasteiger partial charge in [0.05, 0.1) is 34.4 Å². The maximum atomic E-state index is 13.3. The summed E-state index contributed by atoms with van der Waals surface area (Å²) in [5.41, 5.74) is 3.13. The predicted molar refractivity (Wildman–Crippen MR) is 133 cm³/mol. The summed E-state index contributed by atoms with van der Waals surface area (Å²) in [4.78, 5) is 8.61. The van der Waals surface area contributed by atoms with Crippen molar-refractivity contribution in [2.45, 2.75) is 52.0 Å². The molecular weight excluding hydrogens is 510 g/mol. The van der Waals surface area contributed by atoms with Crippen molar-refractivity contribution in [3.8, 4) is 22.8 Å². The molecule has 37 heavy (non-hydrogen) atoms. The Hall–Kier alpha value is -3.47. The van der Waals surface area contributed by atoms with Crippen molar-refractivity contribution < 1.29 is 17.6 Å². The van der Waals surface area contributed by atoms with E-state index in [1.165, 1.54) is 15.4 Å². The van der Waals surface area contributed by atoms with Crippen molar-refractivity contribution in [3.05, 3.63) is 59.1 Å². The average Bonchev–Trinajstić information content (AvgIpc) is 3.60. The molecule has 3 aromatic heterocycles. The van der Waals surface area contributed by atoms with Gasteiger partial charge in [-0.2, -0.15) is 23.4 Å². The highest BCUT2D eigenvalue weighted by Crippen LogP contribution is 2.33. The average molecular weight is 534 g/mol. The number of rotatable bonds is 6. The molecule has 1 aliphatic heterocycles. The molecule has 12 heteroatoms. The molecule has 0 N–H and O–H groups in total. The maximum Gasteiger partial charge on any atom is 0.434 e. The summed E-state index contributed by atoms with van der Waals surface area (Å²) >= 11 is 6.37. The normalized spacial score (nSPS) is 15.8. The van der Waals surface area contributed by atoms with E-state index in [-0.39, 0.29) is 5.82 Å². The minimum absolute atomic E-state index is 0.255. The molecule has 0 radical (unpaired) electrons. The number of halogens is 5. The lowest BCUT2D eigenvalue weighted by Crippen LogP contribution is -2.17. The molecule has 0 amide bonds. The molecular formula is C25H24ClF4N7. The summed E-state index contributed by atoms with van der Waals surface area (Å²) < 4.78 is 57.6. The zero-order chi connectivity index (χ0) is 26.3. The fourth-order valence-corrected chi connectivity index (χ4v) is 4.65. The van der Waals surface area contributed by atoms with Crippen LogP contribution in [0.3, 0.4) is 0 Å². The van der Waals surface area contributed by atoms with Crippen LogP contribution in [0, 0.1) is 0 Å². The lowest BCUT2D eigenvalue weighted by atomic mass is 10.1. The summed E-state index contributed by atoms with van der Waals surface area (Å²) in [6.07, 6.45) is -0.422. The van der Waals surface area contributed by atoms with Crippen molar-refractivity contribution in [2.24, 2.45) is 4.99 Å². The molecule has 0 fully saturated rings. The first-order valence-corrected chi connectivity index (χ1v) is 12.3. The lowest BCUT2D eigenvalue weighted by molar-refractivity contribution is -0.140. The van der Waals surface area contributed by atoms with Gasteiger partial charge in [0.15, 0.2) is 5.69 Å². The first kappa shape index (κ1) is 25.2. The van der Waals surface area contributed by atoms with Crippen LogP contribution in [0.5, 0.6) is 0 Å². The Morgan fingerprint density at radius 2 is 1.95 bits per heavy atom. The monoisotopic (exact) mass is 533 g/mol. The maximum absolute atomic E-state index is 13.3. The molecule has 1 aliphatic rings. The number of hydrogen-bond acceptors (Lipinski definition) is 4. The van der Waals surface area contributed by atoms with Gasteiger partial charge in [0, 0.05) is 24.8 Å². The van der Waals surface area contributed by atoms with Crippen LogP contribution in [0.1, 0.15) is 44.1 Å². The fourth-order valence-electron chi connectivity index (χ4n) is 4.42. The van der Waals surface area contributed by atoms with Crippen LogP contribution in [0.4, 0.5) is 23.2 Å². The van der Waals surface area contributed by atoms with Crippen LogP contribution >= 0.6 is 11.6 Å². The van der Waals surface area contributed by atoms with Crippen LogP contribution in [0.15, 0.2) is 47.7 Å². The molecule has 0 spiro atoms. The summed E-state index contributed by atoms with van der Waals surface area (Å²) in [5, 5.41) is 9.29. The number of aromatic nitrogens is 6. The Morgan fingerprint density at radius 3 is 2.62 bits per heavy atom. The van der Waals surface area contributed by atoms with Gasteiger partial charge in [-0.25, -0.2) is 9.37 Å². The molecule has 0 bridgehead atoms. The third kappa shape index (κ3) is 4.79. The van der Waals surface area contributed by atoms with Gasteiger partial charge in [0.1, 0.15) is 23.9 Å². The lowest BCUT2D eigenvalue weighted by Gasteiger charge is -2.15.